The van der Waals surface area contributed by atoms with Crippen molar-refractivity contribution in [2.24, 2.45) is 0 Å². The van der Waals surface area contributed by atoms with Crippen molar-refractivity contribution in [1.82, 2.24) is 0 Å². The van der Waals surface area contributed by atoms with E-state index in [0.29, 0.717) is 24.8 Å². The van der Waals surface area contributed by atoms with Crippen molar-refractivity contribution in [2.45, 2.75) is 39.0 Å². The maximum absolute atomic E-state index is 13.4. The molecule has 0 saturated heterocycles. The van der Waals surface area contributed by atoms with Crippen molar-refractivity contribution >= 4 is 21.7 Å². The van der Waals surface area contributed by atoms with Crippen LogP contribution in [0.25, 0.3) is 0 Å². The van der Waals surface area contributed by atoms with Gasteiger partial charge in [-0.25, -0.2) is 4.39 Å². The first kappa shape index (κ1) is 13.4. The van der Waals surface area contributed by atoms with Gasteiger partial charge in [0.05, 0.1) is 0 Å². The molecule has 88 valence electrons. The van der Waals surface area contributed by atoms with Crippen molar-refractivity contribution in [3.63, 3.8) is 0 Å². The van der Waals surface area contributed by atoms with Crippen LogP contribution in [-0.4, -0.2) is 5.78 Å². The monoisotopic (exact) mass is 286 g/mol. The molecular weight excluding hydrogens is 271 g/mol. The van der Waals surface area contributed by atoms with Crippen LogP contribution in [0.15, 0.2) is 22.7 Å². The van der Waals surface area contributed by atoms with Crippen molar-refractivity contribution in [3.8, 4) is 0 Å². The fraction of sp³-hybridized carbons (Fsp3) is 0.462. The number of Topliss-reactive ketones (excluding diaryl/α,β-unsaturated/α-hetero) is 1. The third-order valence-electron chi connectivity index (χ3n) is 2.45. The van der Waals surface area contributed by atoms with Gasteiger partial charge in [0.15, 0.2) is 0 Å². The van der Waals surface area contributed by atoms with E-state index in [2.05, 4.69) is 15.9 Å². The molecule has 1 rings (SSSR count). The van der Waals surface area contributed by atoms with E-state index in [-0.39, 0.29) is 11.6 Å². The maximum Gasteiger partial charge on any atom is 0.132 e. The first-order valence-electron chi connectivity index (χ1n) is 5.59. The van der Waals surface area contributed by atoms with Gasteiger partial charge in [-0.2, -0.15) is 0 Å². The summed E-state index contributed by atoms with van der Waals surface area (Å²) in [7, 11) is 0. The molecule has 0 spiro atoms. The van der Waals surface area contributed by atoms with Gasteiger partial charge in [-0.1, -0.05) is 28.9 Å². The summed E-state index contributed by atoms with van der Waals surface area (Å²) in [6.07, 6.45) is 3.46. The van der Waals surface area contributed by atoms with Gasteiger partial charge >= 0.3 is 0 Å². The van der Waals surface area contributed by atoms with E-state index in [4.69, 9.17) is 0 Å². The zero-order valence-corrected chi connectivity index (χ0v) is 11.0. The number of ketones is 1. The maximum atomic E-state index is 13.4. The number of aryl methyl sites for hydroxylation is 1. The van der Waals surface area contributed by atoms with Crippen molar-refractivity contribution in [2.75, 3.05) is 0 Å². The first-order chi connectivity index (χ1) is 7.63. The minimum Gasteiger partial charge on any atom is -0.300 e. The van der Waals surface area contributed by atoms with E-state index < -0.39 is 0 Å². The van der Waals surface area contributed by atoms with E-state index in [1.54, 1.807) is 6.07 Å². The highest BCUT2D eigenvalue weighted by molar-refractivity contribution is 9.10. The lowest BCUT2D eigenvalue weighted by molar-refractivity contribution is -0.119. The number of hydrogen-bond donors (Lipinski definition) is 0. The summed E-state index contributed by atoms with van der Waals surface area (Å²) in [5.41, 5.74) is 0.687. The normalized spacial score (nSPS) is 10.4. The second-order valence-corrected chi connectivity index (χ2v) is 4.79. The third-order valence-corrected chi connectivity index (χ3v) is 2.94. The zero-order valence-electron chi connectivity index (χ0n) is 9.43. The Morgan fingerprint density at radius 1 is 1.38 bits per heavy atom. The Hall–Kier alpha value is -0.700. The zero-order chi connectivity index (χ0) is 12.0. The Kier molecular flexibility index (Phi) is 5.67. The lowest BCUT2D eigenvalue weighted by atomic mass is 10.0. The molecule has 0 aliphatic rings. The molecule has 16 heavy (non-hydrogen) atoms. The molecule has 0 fully saturated rings. The molecule has 0 saturated carbocycles. The lowest BCUT2D eigenvalue weighted by Gasteiger charge is -2.03. The van der Waals surface area contributed by atoms with E-state index in [9.17, 15) is 9.18 Å². The van der Waals surface area contributed by atoms with Crippen LogP contribution in [-0.2, 0) is 11.2 Å². The standard InChI is InChI=1S/C13H16BrFO/c1-2-4-12(16)6-3-5-10-7-8-11(14)9-13(10)15/h7-9H,2-6H2,1H3. The molecule has 0 unspecified atom stereocenters. The highest BCUT2D eigenvalue weighted by Gasteiger charge is 2.04. The Balaban J connectivity index is 2.40. The van der Waals surface area contributed by atoms with Crippen LogP contribution in [0.5, 0.6) is 0 Å². The summed E-state index contributed by atoms with van der Waals surface area (Å²) in [5, 5.41) is 0. The third kappa shape index (κ3) is 4.44. The van der Waals surface area contributed by atoms with E-state index in [1.807, 2.05) is 13.0 Å². The molecule has 0 N–H and O–H groups in total. The molecular formula is C13H16BrFO. The second kappa shape index (κ2) is 6.79. The lowest BCUT2D eigenvalue weighted by Crippen LogP contribution is -1.99. The highest BCUT2D eigenvalue weighted by Crippen LogP contribution is 2.17. The number of hydrogen-bond acceptors (Lipinski definition) is 1. The van der Waals surface area contributed by atoms with Gasteiger partial charge in [0, 0.05) is 17.3 Å². The molecule has 0 radical (unpaired) electrons. The number of halogens is 2. The SMILES string of the molecule is CCCC(=O)CCCc1ccc(Br)cc1F. The van der Waals surface area contributed by atoms with Crippen LogP contribution in [0.2, 0.25) is 0 Å². The Bertz CT molecular complexity index is 363. The second-order valence-electron chi connectivity index (χ2n) is 3.88. The predicted octanol–water partition coefficient (Wildman–Crippen LogP) is 4.28. The van der Waals surface area contributed by atoms with E-state index in [0.717, 1.165) is 17.3 Å². The van der Waals surface area contributed by atoms with Crippen molar-refractivity contribution in [1.29, 1.82) is 0 Å². The highest BCUT2D eigenvalue weighted by atomic mass is 79.9. The molecule has 0 atom stereocenters. The van der Waals surface area contributed by atoms with Gasteiger partial charge in [-0.05, 0) is 37.0 Å². The quantitative estimate of drug-likeness (QED) is 0.763. The van der Waals surface area contributed by atoms with Crippen LogP contribution >= 0.6 is 15.9 Å². The van der Waals surface area contributed by atoms with Gasteiger partial charge in [0.25, 0.3) is 0 Å². The van der Waals surface area contributed by atoms with Gasteiger partial charge in [-0.3, -0.25) is 4.79 Å². The molecule has 0 bridgehead atoms. The van der Waals surface area contributed by atoms with Gasteiger partial charge in [-0.15, -0.1) is 0 Å². The van der Waals surface area contributed by atoms with Crippen LogP contribution in [0.1, 0.15) is 38.2 Å². The molecule has 1 aromatic rings. The van der Waals surface area contributed by atoms with Crippen LogP contribution < -0.4 is 0 Å². The Morgan fingerprint density at radius 3 is 2.75 bits per heavy atom. The largest absolute Gasteiger partial charge is 0.300 e. The molecule has 0 aromatic heterocycles. The minimum absolute atomic E-state index is 0.197. The number of rotatable bonds is 6. The summed E-state index contributed by atoms with van der Waals surface area (Å²) in [6, 6.07) is 5.05. The average Bonchev–Trinajstić information content (AvgIpc) is 2.22. The molecule has 0 heterocycles. The van der Waals surface area contributed by atoms with Crippen LogP contribution in [0.4, 0.5) is 4.39 Å². The minimum atomic E-state index is -0.197. The summed E-state index contributed by atoms with van der Waals surface area (Å²) >= 11 is 3.21. The van der Waals surface area contributed by atoms with Crippen molar-refractivity contribution < 1.29 is 9.18 Å². The summed E-state index contributed by atoms with van der Waals surface area (Å²) in [4.78, 5) is 11.3. The first-order valence-corrected chi connectivity index (χ1v) is 6.38. The summed E-state index contributed by atoms with van der Waals surface area (Å²) < 4.78 is 14.2. The van der Waals surface area contributed by atoms with Gasteiger partial charge in [0.2, 0.25) is 0 Å². The van der Waals surface area contributed by atoms with E-state index >= 15 is 0 Å². The molecule has 0 amide bonds. The summed E-state index contributed by atoms with van der Waals surface area (Å²) in [5.74, 6) is 0.0809. The molecule has 1 nitrogen and oxygen atoms in total. The van der Waals surface area contributed by atoms with Gasteiger partial charge < -0.3 is 0 Å². The molecule has 3 heteroatoms. The van der Waals surface area contributed by atoms with Crippen LogP contribution in [0, 0.1) is 5.82 Å². The van der Waals surface area contributed by atoms with E-state index in [1.165, 1.54) is 6.07 Å². The molecule has 0 aliphatic heterocycles. The Morgan fingerprint density at radius 2 is 2.12 bits per heavy atom. The predicted molar refractivity (Wildman–Crippen MR) is 67.0 cm³/mol. The number of benzene rings is 1. The van der Waals surface area contributed by atoms with Gasteiger partial charge in [0.1, 0.15) is 11.6 Å². The van der Waals surface area contributed by atoms with Crippen LogP contribution in [0.3, 0.4) is 0 Å². The number of carbonyl (C=O) groups is 1. The fourth-order valence-electron chi connectivity index (χ4n) is 1.60. The Labute approximate surface area is 104 Å². The summed E-state index contributed by atoms with van der Waals surface area (Å²) in [6.45, 7) is 1.99. The smallest absolute Gasteiger partial charge is 0.132 e. The molecule has 1 aromatic carbocycles. The topological polar surface area (TPSA) is 17.1 Å². The average molecular weight is 287 g/mol. The fourth-order valence-corrected chi connectivity index (χ4v) is 1.94. The van der Waals surface area contributed by atoms with Crippen molar-refractivity contribution in [3.05, 3.63) is 34.1 Å². The molecule has 0 aliphatic carbocycles. The number of carbonyl (C=O) groups excluding carboxylic acids is 1.